The van der Waals surface area contributed by atoms with Crippen LogP contribution in [0.2, 0.25) is 0 Å². The summed E-state index contributed by atoms with van der Waals surface area (Å²) in [4.78, 5) is 27.2. The van der Waals surface area contributed by atoms with Crippen LogP contribution in [-0.4, -0.2) is 14.8 Å². The molecule has 0 saturated heterocycles. The lowest BCUT2D eigenvalue weighted by Crippen LogP contribution is -2.22. The summed E-state index contributed by atoms with van der Waals surface area (Å²) in [7, 11) is 0. The summed E-state index contributed by atoms with van der Waals surface area (Å²) in [6, 6.07) is 12.2. The molecule has 0 fully saturated rings. The molecule has 33 heavy (non-hydrogen) atoms. The van der Waals surface area contributed by atoms with E-state index in [-0.39, 0.29) is 17.6 Å². The molecule has 0 bridgehead atoms. The first kappa shape index (κ1) is 21.3. The Balaban J connectivity index is 1.65. The molecule has 0 amide bonds. The van der Waals surface area contributed by atoms with Gasteiger partial charge in [-0.1, -0.05) is 70.9 Å². The maximum Gasteiger partial charge on any atom is 0.343 e. The summed E-state index contributed by atoms with van der Waals surface area (Å²) in [5.74, 6) is 0.479. The third-order valence-electron chi connectivity index (χ3n) is 6.90. The third kappa shape index (κ3) is 3.90. The van der Waals surface area contributed by atoms with E-state index in [1.807, 2.05) is 25.1 Å². The predicted molar refractivity (Wildman–Crippen MR) is 130 cm³/mol. The second kappa shape index (κ2) is 8.43. The fourth-order valence-electron chi connectivity index (χ4n) is 5.01. The molecule has 5 rings (SSSR count). The maximum absolute atomic E-state index is 13.0. The molecule has 0 saturated carbocycles. The zero-order valence-corrected chi connectivity index (χ0v) is 19.2. The molecule has 2 aliphatic carbocycles. The van der Waals surface area contributed by atoms with Crippen LogP contribution in [0.25, 0.3) is 0 Å². The van der Waals surface area contributed by atoms with E-state index in [2.05, 4.69) is 60.4 Å². The van der Waals surface area contributed by atoms with Crippen LogP contribution in [0.15, 0.2) is 70.2 Å². The molecule has 2 aromatic carbocycles. The number of aryl methyl sites for hydroxylation is 3. The van der Waals surface area contributed by atoms with Gasteiger partial charge in [-0.05, 0) is 67.9 Å². The first-order valence-electron chi connectivity index (χ1n) is 11.5. The van der Waals surface area contributed by atoms with Crippen molar-refractivity contribution in [2.75, 3.05) is 0 Å². The molecule has 1 aromatic heterocycles. The van der Waals surface area contributed by atoms with Crippen LogP contribution >= 0.6 is 0 Å². The fourth-order valence-corrected chi connectivity index (χ4v) is 5.01. The number of hydrogen-bond acceptors (Lipinski definition) is 4. The molecule has 3 atom stereocenters. The molecule has 0 spiro atoms. The Hall–Kier alpha value is -3.54. The minimum absolute atomic E-state index is 0.0872. The number of fused-ring (bicyclic) bond motifs is 2. The number of allylic oxidation sites excluding steroid dienone is 4. The monoisotopic (exact) mass is 440 g/mol. The number of benzene rings is 2. The molecule has 168 valence electrons. The first-order valence-corrected chi connectivity index (χ1v) is 11.5. The van der Waals surface area contributed by atoms with E-state index in [1.165, 1.54) is 27.8 Å². The average Bonchev–Trinajstić information content (AvgIpc) is 3.12. The summed E-state index contributed by atoms with van der Waals surface area (Å²) < 4.78 is 1.57. The van der Waals surface area contributed by atoms with Crippen molar-refractivity contribution in [1.82, 2.24) is 14.8 Å². The number of nitrogens with zero attached hydrogens (tertiary/aromatic N) is 3. The van der Waals surface area contributed by atoms with E-state index >= 15 is 0 Å². The zero-order chi connectivity index (χ0) is 23.1. The minimum atomic E-state index is -0.393. The largest absolute Gasteiger partial charge is 0.343 e. The van der Waals surface area contributed by atoms with Gasteiger partial charge in [0.05, 0.1) is 12.0 Å². The first-order chi connectivity index (χ1) is 15.9. The Morgan fingerprint density at radius 1 is 1.09 bits per heavy atom. The van der Waals surface area contributed by atoms with Gasteiger partial charge in [-0.2, -0.15) is 10.0 Å². The Bertz CT molecular complexity index is 1340. The van der Waals surface area contributed by atoms with Crippen molar-refractivity contribution in [3.63, 3.8) is 0 Å². The fraction of sp³-hybridized carbons (Fsp3) is 0.333. The highest BCUT2D eigenvalue weighted by atomic mass is 16.3. The molecule has 6 nitrogen and oxygen atoms in total. The number of aromatic nitrogens is 3. The average molecular weight is 441 g/mol. The van der Waals surface area contributed by atoms with Gasteiger partial charge in [-0.3, -0.25) is 4.98 Å². The summed E-state index contributed by atoms with van der Waals surface area (Å²) in [5, 5.41) is 8.02. The van der Waals surface area contributed by atoms with Crippen molar-refractivity contribution in [2.45, 2.75) is 58.0 Å². The number of nitrogens with one attached hydrogen (secondary N) is 1. The molecule has 0 aliphatic heterocycles. The second-order valence-corrected chi connectivity index (χ2v) is 9.25. The summed E-state index contributed by atoms with van der Waals surface area (Å²) in [6.45, 7) is 5.97. The van der Waals surface area contributed by atoms with Crippen molar-refractivity contribution in [2.24, 2.45) is 5.18 Å². The van der Waals surface area contributed by atoms with Gasteiger partial charge in [-0.15, -0.1) is 0 Å². The summed E-state index contributed by atoms with van der Waals surface area (Å²) in [5.41, 5.74) is 7.87. The van der Waals surface area contributed by atoms with Crippen molar-refractivity contribution in [1.29, 1.82) is 0 Å². The van der Waals surface area contributed by atoms with Gasteiger partial charge in [0.15, 0.2) is 0 Å². The van der Waals surface area contributed by atoms with Crippen molar-refractivity contribution in [3.8, 4) is 0 Å². The molecule has 3 aromatic rings. The highest BCUT2D eigenvalue weighted by Crippen LogP contribution is 2.39. The highest BCUT2D eigenvalue weighted by Gasteiger charge is 2.29. The van der Waals surface area contributed by atoms with E-state index in [4.69, 9.17) is 5.10 Å². The molecule has 3 unspecified atom stereocenters. The molecule has 1 N–H and O–H groups in total. The second-order valence-electron chi connectivity index (χ2n) is 9.25. The van der Waals surface area contributed by atoms with Crippen LogP contribution in [0, 0.1) is 11.8 Å². The number of rotatable bonds is 4. The maximum atomic E-state index is 13.0. The van der Waals surface area contributed by atoms with Gasteiger partial charge >= 0.3 is 5.69 Å². The zero-order valence-electron chi connectivity index (χ0n) is 19.2. The standard InChI is InChI=1S/C27H28N4O2/c1-16-4-10-22(11-5-16)31-27(32)28-26(29-31)25-23-12-6-17(2)14-20(23)7-8-21-15-19(18(3)30-33)9-13-24(21)25/h4-6,9-10,12-15,18,22,25H,7-8,11H2,1-3H3,(H,28,29,32). The smallest absolute Gasteiger partial charge is 0.292 e. The quantitative estimate of drug-likeness (QED) is 0.549. The van der Waals surface area contributed by atoms with E-state index in [0.29, 0.717) is 5.82 Å². The van der Waals surface area contributed by atoms with E-state index < -0.39 is 6.04 Å². The van der Waals surface area contributed by atoms with Crippen molar-refractivity contribution < 1.29 is 0 Å². The molecule has 0 radical (unpaired) electrons. The van der Waals surface area contributed by atoms with Crippen LogP contribution < -0.4 is 5.69 Å². The number of nitroso groups, excluding NO2 is 1. The van der Waals surface area contributed by atoms with Crippen LogP contribution in [0.5, 0.6) is 0 Å². The Labute approximate surface area is 193 Å². The Morgan fingerprint density at radius 3 is 2.52 bits per heavy atom. The molecule has 6 heteroatoms. The van der Waals surface area contributed by atoms with Crippen molar-refractivity contribution >= 4 is 0 Å². The van der Waals surface area contributed by atoms with Gasteiger partial charge in [-0.25, -0.2) is 9.48 Å². The topological polar surface area (TPSA) is 80.1 Å². The summed E-state index contributed by atoms with van der Waals surface area (Å²) >= 11 is 0. The molecule has 1 heterocycles. The van der Waals surface area contributed by atoms with Gasteiger partial charge in [0.25, 0.3) is 0 Å². The number of aromatic amines is 1. The minimum Gasteiger partial charge on any atom is -0.292 e. The lowest BCUT2D eigenvalue weighted by Gasteiger charge is -2.20. The third-order valence-corrected chi connectivity index (χ3v) is 6.90. The molecule has 2 aliphatic rings. The van der Waals surface area contributed by atoms with E-state index in [0.717, 1.165) is 30.4 Å². The lowest BCUT2D eigenvalue weighted by atomic mass is 9.86. The highest BCUT2D eigenvalue weighted by molar-refractivity contribution is 5.50. The van der Waals surface area contributed by atoms with Gasteiger partial charge in [0.1, 0.15) is 11.9 Å². The van der Waals surface area contributed by atoms with E-state index in [1.54, 1.807) is 4.68 Å². The number of hydrogen-bond donors (Lipinski definition) is 1. The summed E-state index contributed by atoms with van der Waals surface area (Å²) in [6.07, 6.45) is 8.73. The number of H-pyrrole nitrogens is 1. The van der Waals surface area contributed by atoms with Crippen LogP contribution in [0.3, 0.4) is 0 Å². The SMILES string of the molecule is CC1=CCC(n2nc(C3c4ccc(C)cc4CCc4cc(C(C)N=O)ccc43)[nH]c2=O)C=C1. The normalized spacial score (nSPS) is 20.4. The van der Waals surface area contributed by atoms with Crippen LogP contribution in [-0.2, 0) is 12.8 Å². The van der Waals surface area contributed by atoms with Gasteiger partial charge in [0.2, 0.25) is 0 Å². The molecular formula is C27H28N4O2. The molecular weight excluding hydrogens is 412 g/mol. The van der Waals surface area contributed by atoms with Crippen LogP contribution in [0.4, 0.5) is 0 Å². The van der Waals surface area contributed by atoms with E-state index in [9.17, 15) is 9.70 Å². The van der Waals surface area contributed by atoms with Gasteiger partial charge in [0, 0.05) is 0 Å². The van der Waals surface area contributed by atoms with Gasteiger partial charge < -0.3 is 0 Å². The predicted octanol–water partition coefficient (Wildman–Crippen LogP) is 5.43. The lowest BCUT2D eigenvalue weighted by molar-refractivity contribution is 0.516. The Kier molecular flexibility index (Phi) is 5.44. The Morgan fingerprint density at radius 2 is 1.82 bits per heavy atom. The van der Waals surface area contributed by atoms with Crippen molar-refractivity contribution in [3.05, 3.63) is 115 Å². The van der Waals surface area contributed by atoms with Crippen LogP contribution in [0.1, 0.15) is 77.5 Å².